The van der Waals surface area contributed by atoms with Crippen LogP contribution in [-0.2, 0) is 33.3 Å². The topological polar surface area (TPSA) is 161 Å². The average Bonchev–Trinajstić information content (AvgIpc) is 2.63. The first-order valence-electron chi connectivity index (χ1n) is 8.12. The summed E-state index contributed by atoms with van der Waals surface area (Å²) in [5.74, 6) is -2.68. The zero-order chi connectivity index (χ0) is 19.6. The number of aliphatic carboxylic acids is 1. The molecule has 0 aliphatic heterocycles. The van der Waals surface area contributed by atoms with Crippen molar-refractivity contribution in [1.29, 1.82) is 0 Å². The lowest BCUT2D eigenvalue weighted by Gasteiger charge is -2.14. The molecule has 4 N–H and O–H groups in total. The minimum absolute atomic E-state index is 0.0510. The second-order valence-electron chi connectivity index (χ2n) is 4.92. The van der Waals surface area contributed by atoms with E-state index >= 15 is 0 Å². The van der Waals surface area contributed by atoms with Crippen molar-refractivity contribution in [1.82, 2.24) is 5.32 Å². The second kappa shape index (κ2) is 16.8. The lowest BCUT2D eigenvalue weighted by atomic mass is 10.2. The molecule has 2 unspecified atom stereocenters. The van der Waals surface area contributed by atoms with Gasteiger partial charge >= 0.3 is 5.97 Å². The molecule has 0 fully saturated rings. The van der Waals surface area contributed by atoms with Gasteiger partial charge in [-0.05, 0) is 0 Å². The minimum atomic E-state index is -2.17. The number of hydrogen-bond acceptors (Lipinski definition) is 9. The third kappa shape index (κ3) is 13.6. The molecule has 0 aromatic heterocycles. The minimum Gasteiger partial charge on any atom is -0.479 e. The van der Waals surface area contributed by atoms with E-state index in [-0.39, 0.29) is 19.8 Å². The Kier molecular flexibility index (Phi) is 15.8. The first-order valence-corrected chi connectivity index (χ1v) is 8.12. The number of carboxylic acid groups (broad SMARTS) is 1. The van der Waals surface area contributed by atoms with E-state index < -0.39 is 24.1 Å². The number of aldehydes is 1. The molecule has 11 nitrogen and oxygen atoms in total. The Morgan fingerprint density at radius 3 is 1.73 bits per heavy atom. The summed E-state index contributed by atoms with van der Waals surface area (Å²) < 4.78 is 20.7. The van der Waals surface area contributed by atoms with Crippen molar-refractivity contribution >= 4 is 18.2 Å². The van der Waals surface area contributed by atoms with Gasteiger partial charge in [0.15, 0.2) is 12.2 Å². The molecule has 2 atom stereocenters. The monoisotopic (exact) mass is 381 g/mol. The number of aliphatic hydroxyl groups is 2. The third-order valence-electron chi connectivity index (χ3n) is 2.86. The summed E-state index contributed by atoms with van der Waals surface area (Å²) in [6, 6.07) is 0. The van der Waals surface area contributed by atoms with Crippen LogP contribution >= 0.6 is 0 Å². The van der Waals surface area contributed by atoms with Crippen LogP contribution in [0.4, 0.5) is 0 Å². The Morgan fingerprint density at radius 2 is 1.27 bits per heavy atom. The van der Waals surface area contributed by atoms with Crippen LogP contribution in [0.1, 0.15) is 6.42 Å². The smallest absolute Gasteiger partial charge is 0.335 e. The molecular formula is C15H27NO10. The van der Waals surface area contributed by atoms with E-state index in [0.29, 0.717) is 46.1 Å². The van der Waals surface area contributed by atoms with Gasteiger partial charge in [0, 0.05) is 13.0 Å². The summed E-state index contributed by atoms with van der Waals surface area (Å²) in [6.45, 7) is 2.81. The molecular weight excluding hydrogens is 354 g/mol. The molecule has 0 aliphatic carbocycles. The van der Waals surface area contributed by atoms with Gasteiger partial charge in [0.05, 0.1) is 52.9 Å². The molecule has 0 saturated carbocycles. The van der Waals surface area contributed by atoms with Gasteiger partial charge in [0.1, 0.15) is 6.29 Å². The number of hydrogen-bond donors (Lipinski definition) is 4. The Balaban J connectivity index is 3.32. The molecule has 26 heavy (non-hydrogen) atoms. The van der Waals surface area contributed by atoms with Crippen molar-refractivity contribution in [2.24, 2.45) is 0 Å². The van der Waals surface area contributed by atoms with Crippen molar-refractivity contribution in [3.05, 3.63) is 0 Å². The van der Waals surface area contributed by atoms with Crippen LogP contribution in [0.15, 0.2) is 0 Å². The van der Waals surface area contributed by atoms with Gasteiger partial charge in [-0.3, -0.25) is 4.79 Å². The highest BCUT2D eigenvalue weighted by atomic mass is 16.6. The summed E-state index contributed by atoms with van der Waals surface area (Å²) in [4.78, 5) is 31.8. The summed E-state index contributed by atoms with van der Waals surface area (Å²) in [7, 11) is 0. The Bertz CT molecular complexity index is 393. The van der Waals surface area contributed by atoms with Crippen LogP contribution in [0, 0.1) is 0 Å². The highest BCUT2D eigenvalue weighted by Crippen LogP contribution is 1.93. The number of amides is 1. The molecule has 0 bridgehead atoms. The fourth-order valence-corrected chi connectivity index (χ4v) is 1.52. The lowest BCUT2D eigenvalue weighted by Crippen LogP contribution is -2.46. The molecule has 0 aromatic carbocycles. The van der Waals surface area contributed by atoms with E-state index in [9.17, 15) is 19.5 Å². The third-order valence-corrected chi connectivity index (χ3v) is 2.86. The standard InChI is InChI=1S/C15H27NO10/c17-3-1-4-23-6-8-25-10-11-26-9-7-24-5-2-16-14(20)12(18)13(19)15(21)22/h3,12-13,18-19H,1-2,4-11H2,(H,16,20)(H,21,22). The molecule has 152 valence electrons. The quantitative estimate of drug-likeness (QED) is 0.148. The van der Waals surface area contributed by atoms with Crippen LogP contribution < -0.4 is 5.32 Å². The van der Waals surface area contributed by atoms with Crippen LogP contribution in [-0.4, -0.2) is 105 Å². The Labute approximate surface area is 151 Å². The maximum Gasteiger partial charge on any atom is 0.335 e. The fraction of sp³-hybridized carbons (Fsp3) is 0.800. The molecule has 0 radical (unpaired) electrons. The zero-order valence-electron chi connectivity index (χ0n) is 14.5. The summed E-state index contributed by atoms with van der Waals surface area (Å²) in [5.41, 5.74) is 0. The van der Waals surface area contributed by atoms with Gasteiger partial charge in [0.25, 0.3) is 5.91 Å². The van der Waals surface area contributed by atoms with E-state index in [1.54, 1.807) is 0 Å². The first-order chi connectivity index (χ1) is 12.5. The predicted octanol–water partition coefficient (Wildman–Crippen LogP) is -2.44. The highest BCUT2D eigenvalue weighted by Gasteiger charge is 2.29. The molecule has 0 saturated heterocycles. The van der Waals surface area contributed by atoms with Crippen LogP contribution in [0.3, 0.4) is 0 Å². The summed E-state index contributed by atoms with van der Waals surface area (Å²) in [6.07, 6.45) is -3.05. The Morgan fingerprint density at radius 1 is 0.808 bits per heavy atom. The Hall–Kier alpha value is -1.63. The van der Waals surface area contributed by atoms with E-state index in [2.05, 4.69) is 5.32 Å². The molecule has 11 heteroatoms. The number of nitrogens with one attached hydrogen (secondary N) is 1. The van der Waals surface area contributed by atoms with Crippen molar-refractivity contribution in [2.45, 2.75) is 18.6 Å². The van der Waals surface area contributed by atoms with Gasteiger partial charge in [0.2, 0.25) is 0 Å². The van der Waals surface area contributed by atoms with Gasteiger partial charge in [-0.25, -0.2) is 4.79 Å². The molecule has 0 spiro atoms. The lowest BCUT2D eigenvalue weighted by molar-refractivity contribution is -0.158. The van der Waals surface area contributed by atoms with Gasteiger partial charge in [-0.2, -0.15) is 0 Å². The van der Waals surface area contributed by atoms with Gasteiger partial charge in [-0.1, -0.05) is 0 Å². The summed E-state index contributed by atoms with van der Waals surface area (Å²) in [5, 5.41) is 28.9. The van der Waals surface area contributed by atoms with Crippen LogP contribution in [0.2, 0.25) is 0 Å². The second-order valence-corrected chi connectivity index (χ2v) is 4.92. The normalized spacial score (nSPS) is 13.2. The number of carbonyl (C=O) groups is 3. The van der Waals surface area contributed by atoms with E-state index in [1.807, 2.05) is 0 Å². The summed E-state index contributed by atoms with van der Waals surface area (Å²) >= 11 is 0. The number of ether oxygens (including phenoxy) is 4. The molecule has 0 aromatic rings. The highest BCUT2D eigenvalue weighted by molar-refractivity contribution is 5.87. The van der Waals surface area contributed by atoms with Gasteiger partial charge < -0.3 is 44.4 Å². The number of aliphatic hydroxyl groups excluding tert-OH is 2. The predicted molar refractivity (Wildman–Crippen MR) is 86.6 cm³/mol. The molecule has 0 rings (SSSR count). The van der Waals surface area contributed by atoms with Crippen LogP contribution in [0.5, 0.6) is 0 Å². The number of carbonyl (C=O) groups excluding carboxylic acids is 2. The van der Waals surface area contributed by atoms with E-state index in [0.717, 1.165) is 6.29 Å². The van der Waals surface area contributed by atoms with Crippen molar-refractivity contribution in [2.75, 3.05) is 59.4 Å². The number of rotatable bonds is 18. The molecule has 0 heterocycles. The fourth-order valence-electron chi connectivity index (χ4n) is 1.52. The first kappa shape index (κ1) is 24.4. The average molecular weight is 381 g/mol. The maximum atomic E-state index is 11.3. The van der Waals surface area contributed by atoms with Crippen molar-refractivity contribution in [3.8, 4) is 0 Å². The van der Waals surface area contributed by atoms with Crippen LogP contribution in [0.25, 0.3) is 0 Å². The maximum absolute atomic E-state index is 11.3. The van der Waals surface area contributed by atoms with E-state index in [1.165, 1.54) is 0 Å². The largest absolute Gasteiger partial charge is 0.479 e. The van der Waals surface area contributed by atoms with Crippen molar-refractivity contribution < 1.29 is 48.7 Å². The number of carboxylic acids is 1. The SMILES string of the molecule is O=CCCOCCOCCOCCOCCNC(=O)C(O)C(O)C(=O)O. The van der Waals surface area contributed by atoms with E-state index in [4.69, 9.17) is 29.2 Å². The van der Waals surface area contributed by atoms with Crippen molar-refractivity contribution in [3.63, 3.8) is 0 Å². The molecule has 0 aliphatic rings. The van der Waals surface area contributed by atoms with Gasteiger partial charge in [-0.15, -0.1) is 0 Å². The molecule has 1 amide bonds. The zero-order valence-corrected chi connectivity index (χ0v) is 14.5.